The molecule has 3 heteroatoms. The van der Waals surface area contributed by atoms with Gasteiger partial charge >= 0.3 is 0 Å². The van der Waals surface area contributed by atoms with Crippen LogP contribution in [0.15, 0.2) is 23.2 Å². The topological polar surface area (TPSA) is 38.4 Å². The molecule has 0 unspecified atom stereocenters. The summed E-state index contributed by atoms with van der Waals surface area (Å²) in [5, 5.41) is 0.641. The molecule has 0 heterocycles. The van der Waals surface area contributed by atoms with Gasteiger partial charge in [-0.1, -0.05) is 24.6 Å². The third kappa shape index (κ3) is 2.74. The smallest absolute Gasteiger partial charge is 0.0994 e. The lowest BCUT2D eigenvalue weighted by atomic mass is 10.2. The van der Waals surface area contributed by atoms with Crippen molar-refractivity contribution < 1.29 is 0 Å². The number of amidine groups is 1. The number of rotatable bonds is 2. The maximum Gasteiger partial charge on any atom is 0.0994 e. The first-order valence-electron chi connectivity index (χ1n) is 4.22. The van der Waals surface area contributed by atoms with Crippen molar-refractivity contribution in [2.45, 2.75) is 20.3 Å². The van der Waals surface area contributed by atoms with Gasteiger partial charge in [0.1, 0.15) is 0 Å². The minimum atomic E-state index is 0.604. The van der Waals surface area contributed by atoms with Gasteiger partial charge in [0.05, 0.1) is 16.5 Å². The summed E-state index contributed by atoms with van der Waals surface area (Å²) in [6, 6.07) is 5.70. The second-order valence-electron chi connectivity index (χ2n) is 2.91. The summed E-state index contributed by atoms with van der Waals surface area (Å²) in [6.45, 7) is 3.96. The van der Waals surface area contributed by atoms with Crippen LogP contribution in [-0.4, -0.2) is 5.84 Å². The van der Waals surface area contributed by atoms with E-state index in [0.29, 0.717) is 10.9 Å². The number of hydrogen-bond acceptors (Lipinski definition) is 1. The lowest BCUT2D eigenvalue weighted by Gasteiger charge is -2.01. The molecule has 0 saturated carbocycles. The van der Waals surface area contributed by atoms with E-state index in [9.17, 15) is 0 Å². The van der Waals surface area contributed by atoms with E-state index in [-0.39, 0.29) is 0 Å². The number of halogens is 1. The molecule has 0 fully saturated rings. The summed E-state index contributed by atoms with van der Waals surface area (Å²) in [7, 11) is 0. The Morgan fingerprint density at radius 2 is 2.23 bits per heavy atom. The van der Waals surface area contributed by atoms with Gasteiger partial charge in [-0.05, 0) is 24.6 Å². The van der Waals surface area contributed by atoms with Gasteiger partial charge < -0.3 is 5.73 Å². The Kier molecular flexibility index (Phi) is 3.32. The number of nitrogens with two attached hydrogens (primary N) is 1. The Morgan fingerprint density at radius 1 is 1.54 bits per heavy atom. The third-order valence-electron chi connectivity index (χ3n) is 1.73. The first-order valence-corrected chi connectivity index (χ1v) is 4.60. The Balaban J connectivity index is 3.07. The van der Waals surface area contributed by atoms with Gasteiger partial charge in [-0.15, -0.1) is 0 Å². The molecule has 1 aromatic carbocycles. The molecule has 1 rings (SSSR count). The van der Waals surface area contributed by atoms with E-state index in [1.54, 1.807) is 0 Å². The lowest BCUT2D eigenvalue weighted by molar-refractivity contribution is 1.23. The van der Waals surface area contributed by atoms with Crippen LogP contribution >= 0.6 is 11.6 Å². The summed E-state index contributed by atoms with van der Waals surface area (Å²) >= 11 is 5.93. The molecule has 13 heavy (non-hydrogen) atoms. The molecule has 1 aromatic rings. The van der Waals surface area contributed by atoms with Crippen molar-refractivity contribution >= 4 is 23.1 Å². The van der Waals surface area contributed by atoms with Crippen molar-refractivity contribution in [2.24, 2.45) is 10.7 Å². The van der Waals surface area contributed by atoms with E-state index < -0.39 is 0 Å². The average Bonchev–Trinajstić information content (AvgIpc) is 2.11. The SMILES string of the molecule is CCC(N)=Nc1cc(C)ccc1Cl. The molecular weight excluding hydrogens is 184 g/mol. The molecule has 70 valence electrons. The van der Waals surface area contributed by atoms with Crippen LogP contribution in [0.3, 0.4) is 0 Å². The molecule has 0 bridgehead atoms. The third-order valence-corrected chi connectivity index (χ3v) is 2.05. The molecule has 0 aliphatic heterocycles. The van der Waals surface area contributed by atoms with Gasteiger partial charge in [-0.25, -0.2) is 4.99 Å². The molecule has 0 amide bonds. The molecule has 2 N–H and O–H groups in total. The first-order chi connectivity index (χ1) is 6.13. The Morgan fingerprint density at radius 3 is 2.85 bits per heavy atom. The second-order valence-corrected chi connectivity index (χ2v) is 3.32. The summed E-state index contributed by atoms with van der Waals surface area (Å²) < 4.78 is 0. The van der Waals surface area contributed by atoms with Crippen LogP contribution in [0.5, 0.6) is 0 Å². The van der Waals surface area contributed by atoms with E-state index in [0.717, 1.165) is 17.7 Å². The van der Waals surface area contributed by atoms with Gasteiger partial charge in [0.15, 0.2) is 0 Å². The quantitative estimate of drug-likeness (QED) is 0.573. The number of aryl methyl sites for hydroxylation is 1. The monoisotopic (exact) mass is 196 g/mol. The fourth-order valence-corrected chi connectivity index (χ4v) is 1.10. The maximum absolute atomic E-state index is 5.93. The summed E-state index contributed by atoms with van der Waals surface area (Å²) in [5.74, 6) is 0.604. The highest BCUT2D eigenvalue weighted by Crippen LogP contribution is 2.25. The first kappa shape index (κ1) is 10.1. The largest absolute Gasteiger partial charge is 0.387 e. The molecule has 0 aromatic heterocycles. The average molecular weight is 197 g/mol. The minimum Gasteiger partial charge on any atom is -0.387 e. The molecule has 0 saturated heterocycles. The van der Waals surface area contributed by atoms with Crippen LogP contribution in [-0.2, 0) is 0 Å². The van der Waals surface area contributed by atoms with Crippen molar-refractivity contribution in [3.8, 4) is 0 Å². The molecular formula is C10H13ClN2. The van der Waals surface area contributed by atoms with Gasteiger partial charge in [-0.3, -0.25) is 0 Å². The van der Waals surface area contributed by atoms with Crippen molar-refractivity contribution in [3.63, 3.8) is 0 Å². The molecule has 0 spiro atoms. The Hall–Kier alpha value is -1.02. The fourth-order valence-electron chi connectivity index (χ4n) is 0.942. The van der Waals surface area contributed by atoms with Gasteiger partial charge in [-0.2, -0.15) is 0 Å². The summed E-state index contributed by atoms with van der Waals surface area (Å²) in [5.41, 5.74) is 7.50. The Labute approximate surface area is 83.4 Å². The van der Waals surface area contributed by atoms with Gasteiger partial charge in [0.25, 0.3) is 0 Å². The van der Waals surface area contributed by atoms with E-state index in [1.807, 2.05) is 32.0 Å². The van der Waals surface area contributed by atoms with Gasteiger partial charge in [0, 0.05) is 6.42 Å². The molecule has 2 nitrogen and oxygen atoms in total. The molecule has 0 aliphatic rings. The number of aliphatic imine (C=N–C) groups is 1. The highest BCUT2D eigenvalue weighted by molar-refractivity contribution is 6.33. The van der Waals surface area contributed by atoms with E-state index in [2.05, 4.69) is 4.99 Å². The van der Waals surface area contributed by atoms with Gasteiger partial charge in [0.2, 0.25) is 0 Å². The molecule has 0 aliphatic carbocycles. The highest BCUT2D eigenvalue weighted by Gasteiger charge is 1.98. The minimum absolute atomic E-state index is 0.604. The fraction of sp³-hybridized carbons (Fsp3) is 0.300. The van der Waals surface area contributed by atoms with Crippen molar-refractivity contribution in [3.05, 3.63) is 28.8 Å². The van der Waals surface area contributed by atoms with E-state index in [1.165, 1.54) is 0 Å². The summed E-state index contributed by atoms with van der Waals surface area (Å²) in [6.07, 6.45) is 0.740. The van der Waals surface area contributed by atoms with Crippen molar-refractivity contribution in [2.75, 3.05) is 0 Å². The lowest BCUT2D eigenvalue weighted by Crippen LogP contribution is -2.08. The molecule has 0 atom stereocenters. The Bertz CT molecular complexity index is 332. The second kappa shape index (κ2) is 4.28. The normalized spacial score (nSPS) is 11.8. The van der Waals surface area contributed by atoms with Crippen LogP contribution in [0.25, 0.3) is 0 Å². The van der Waals surface area contributed by atoms with Crippen molar-refractivity contribution in [1.82, 2.24) is 0 Å². The van der Waals surface area contributed by atoms with Crippen LogP contribution in [0.1, 0.15) is 18.9 Å². The zero-order valence-corrected chi connectivity index (χ0v) is 8.60. The zero-order chi connectivity index (χ0) is 9.84. The predicted molar refractivity (Wildman–Crippen MR) is 57.8 cm³/mol. The zero-order valence-electron chi connectivity index (χ0n) is 7.84. The van der Waals surface area contributed by atoms with Crippen LogP contribution in [0.4, 0.5) is 5.69 Å². The van der Waals surface area contributed by atoms with Crippen LogP contribution in [0.2, 0.25) is 5.02 Å². The van der Waals surface area contributed by atoms with E-state index in [4.69, 9.17) is 17.3 Å². The predicted octanol–water partition coefficient (Wildman–Crippen LogP) is 3.05. The summed E-state index contributed by atoms with van der Waals surface area (Å²) in [4.78, 5) is 4.20. The van der Waals surface area contributed by atoms with Crippen LogP contribution in [0, 0.1) is 6.92 Å². The van der Waals surface area contributed by atoms with Crippen molar-refractivity contribution in [1.29, 1.82) is 0 Å². The maximum atomic E-state index is 5.93. The standard InChI is InChI=1S/C10H13ClN2/c1-3-10(12)13-9-6-7(2)4-5-8(9)11/h4-6H,3H2,1-2H3,(H2,12,13). The highest BCUT2D eigenvalue weighted by atomic mass is 35.5. The number of hydrogen-bond donors (Lipinski definition) is 1. The number of benzene rings is 1. The van der Waals surface area contributed by atoms with E-state index >= 15 is 0 Å². The number of nitrogens with zero attached hydrogens (tertiary/aromatic N) is 1. The molecule has 0 radical (unpaired) electrons. The van der Waals surface area contributed by atoms with Crippen LogP contribution < -0.4 is 5.73 Å².